The van der Waals surface area contributed by atoms with Crippen LogP contribution in [0.4, 0.5) is 5.82 Å². The van der Waals surface area contributed by atoms with Crippen molar-refractivity contribution in [2.75, 3.05) is 5.73 Å². The van der Waals surface area contributed by atoms with E-state index in [9.17, 15) is 5.11 Å². The molecule has 0 aliphatic heterocycles. The molecule has 0 amide bonds. The minimum Gasteiger partial charge on any atom is -0.460 e. The van der Waals surface area contributed by atoms with Crippen LogP contribution in [-0.2, 0) is 0 Å². The molecule has 1 aliphatic carbocycles. The first-order chi connectivity index (χ1) is 13.5. The maximum absolute atomic E-state index is 9.67. The summed E-state index contributed by atoms with van der Waals surface area (Å²) in [6.45, 7) is 5.96. The van der Waals surface area contributed by atoms with Crippen molar-refractivity contribution in [2.45, 2.75) is 44.8 Å². The van der Waals surface area contributed by atoms with Crippen molar-refractivity contribution in [1.82, 2.24) is 15.0 Å². The number of hydrogen-bond donors (Lipinski definition) is 2. The molecule has 3 aromatic rings. The van der Waals surface area contributed by atoms with Crippen LogP contribution in [0.25, 0.3) is 27.6 Å². The molecule has 0 unspecified atom stereocenters. The Balaban J connectivity index is 1.70. The number of nitrogen functional groups attached to an aromatic ring is 1. The molecule has 3 N–H and O–H groups in total. The fourth-order valence-corrected chi connectivity index (χ4v) is 3.54. The van der Waals surface area contributed by atoms with Crippen molar-refractivity contribution in [1.29, 1.82) is 0 Å². The maximum atomic E-state index is 9.67. The SMILES string of the molecule is C=C(C)c1ccc(-c2cnc(N)c3cnc(O[C@H]4CC[C@H](O)CC4)nc23)cc1. The van der Waals surface area contributed by atoms with Gasteiger partial charge in [0.1, 0.15) is 11.9 Å². The third-order valence-corrected chi connectivity index (χ3v) is 5.23. The highest BCUT2D eigenvalue weighted by molar-refractivity contribution is 5.98. The van der Waals surface area contributed by atoms with Gasteiger partial charge in [-0.1, -0.05) is 36.4 Å². The lowest BCUT2D eigenvalue weighted by atomic mass is 9.95. The summed E-state index contributed by atoms with van der Waals surface area (Å²) in [4.78, 5) is 13.3. The van der Waals surface area contributed by atoms with Crippen LogP contribution < -0.4 is 10.5 Å². The summed E-state index contributed by atoms with van der Waals surface area (Å²) < 4.78 is 5.99. The van der Waals surface area contributed by atoms with Gasteiger partial charge in [-0.2, -0.15) is 4.98 Å². The van der Waals surface area contributed by atoms with Crippen LogP contribution in [0.5, 0.6) is 6.01 Å². The Kier molecular flexibility index (Phi) is 4.96. The van der Waals surface area contributed by atoms with Crippen LogP contribution in [0.15, 0.2) is 43.2 Å². The third-order valence-electron chi connectivity index (χ3n) is 5.23. The Hall–Kier alpha value is -2.99. The van der Waals surface area contributed by atoms with Crippen LogP contribution in [0.2, 0.25) is 0 Å². The molecule has 6 nitrogen and oxygen atoms in total. The predicted molar refractivity (Wildman–Crippen MR) is 111 cm³/mol. The van der Waals surface area contributed by atoms with Gasteiger partial charge in [-0.15, -0.1) is 0 Å². The summed E-state index contributed by atoms with van der Waals surface area (Å²) in [6, 6.07) is 8.46. The number of benzene rings is 1. The largest absolute Gasteiger partial charge is 0.460 e. The first-order valence-electron chi connectivity index (χ1n) is 9.53. The number of rotatable bonds is 4. The van der Waals surface area contributed by atoms with Crippen LogP contribution in [-0.4, -0.2) is 32.3 Å². The number of aliphatic hydroxyl groups is 1. The van der Waals surface area contributed by atoms with Gasteiger partial charge in [-0.05, 0) is 43.7 Å². The Morgan fingerprint density at radius 2 is 1.82 bits per heavy atom. The quantitative estimate of drug-likeness (QED) is 0.715. The highest BCUT2D eigenvalue weighted by Crippen LogP contribution is 2.31. The molecule has 6 heteroatoms. The van der Waals surface area contributed by atoms with Gasteiger partial charge in [0, 0.05) is 18.0 Å². The van der Waals surface area contributed by atoms with Crippen molar-refractivity contribution in [3.8, 4) is 17.1 Å². The van der Waals surface area contributed by atoms with Crippen LogP contribution >= 0.6 is 0 Å². The lowest BCUT2D eigenvalue weighted by molar-refractivity contribution is 0.0620. The standard InChI is InChI=1S/C22H24N4O2/c1-13(2)14-3-5-15(6-4-14)18-11-24-21(23)19-12-25-22(26-20(18)19)28-17-9-7-16(27)8-10-17/h3-6,11-12,16-17,27H,1,7-10H2,2H3,(H2,23,24)/t16-,17-. The summed E-state index contributed by atoms with van der Waals surface area (Å²) in [7, 11) is 0. The van der Waals surface area contributed by atoms with E-state index in [1.165, 1.54) is 0 Å². The lowest BCUT2D eigenvalue weighted by Gasteiger charge is -2.25. The van der Waals surface area contributed by atoms with Crippen molar-refractivity contribution >= 4 is 22.3 Å². The molecule has 1 saturated carbocycles. The smallest absolute Gasteiger partial charge is 0.317 e. The lowest BCUT2D eigenvalue weighted by Crippen LogP contribution is -2.27. The third kappa shape index (κ3) is 3.68. The van der Waals surface area contributed by atoms with E-state index in [2.05, 4.69) is 21.5 Å². The number of anilines is 1. The average Bonchev–Trinajstić information content (AvgIpc) is 2.70. The molecule has 2 aromatic heterocycles. The number of allylic oxidation sites excluding steroid dienone is 1. The number of fused-ring (bicyclic) bond motifs is 1. The molecule has 1 fully saturated rings. The van der Waals surface area contributed by atoms with Crippen molar-refractivity contribution in [2.24, 2.45) is 0 Å². The second-order valence-corrected chi connectivity index (χ2v) is 7.38. The van der Waals surface area contributed by atoms with E-state index in [4.69, 9.17) is 10.5 Å². The highest BCUT2D eigenvalue weighted by Gasteiger charge is 2.22. The molecular formula is C22H24N4O2. The molecule has 0 bridgehead atoms. The van der Waals surface area contributed by atoms with Gasteiger partial charge in [0.2, 0.25) is 0 Å². The number of pyridine rings is 1. The van der Waals surface area contributed by atoms with Gasteiger partial charge < -0.3 is 15.6 Å². The minimum atomic E-state index is -0.225. The number of aromatic nitrogens is 3. The fourth-order valence-electron chi connectivity index (χ4n) is 3.54. The molecule has 4 rings (SSSR count). The normalized spacial score (nSPS) is 19.5. The molecule has 0 spiro atoms. The van der Waals surface area contributed by atoms with Crippen molar-refractivity contribution in [3.63, 3.8) is 0 Å². The highest BCUT2D eigenvalue weighted by atomic mass is 16.5. The number of nitrogens with zero attached hydrogens (tertiary/aromatic N) is 3. The summed E-state index contributed by atoms with van der Waals surface area (Å²) >= 11 is 0. The summed E-state index contributed by atoms with van der Waals surface area (Å²) in [5.41, 5.74) is 10.7. The van der Waals surface area contributed by atoms with Gasteiger partial charge in [-0.25, -0.2) is 9.97 Å². The maximum Gasteiger partial charge on any atom is 0.317 e. The van der Waals surface area contributed by atoms with Crippen LogP contribution in [0, 0.1) is 0 Å². The predicted octanol–water partition coefficient (Wildman–Crippen LogP) is 3.99. The summed E-state index contributed by atoms with van der Waals surface area (Å²) in [6.07, 6.45) is 6.30. The van der Waals surface area contributed by atoms with Crippen LogP contribution in [0.3, 0.4) is 0 Å². The molecule has 1 aliphatic rings. The molecule has 28 heavy (non-hydrogen) atoms. The number of ether oxygens (including phenoxy) is 1. The Morgan fingerprint density at radius 1 is 1.11 bits per heavy atom. The zero-order valence-electron chi connectivity index (χ0n) is 15.9. The molecule has 0 saturated heterocycles. The molecule has 2 heterocycles. The zero-order valence-corrected chi connectivity index (χ0v) is 15.9. The van der Waals surface area contributed by atoms with Gasteiger partial charge >= 0.3 is 6.01 Å². The summed E-state index contributed by atoms with van der Waals surface area (Å²) in [5.74, 6) is 0.393. The Bertz CT molecular complexity index is 1010. The second-order valence-electron chi connectivity index (χ2n) is 7.38. The van der Waals surface area contributed by atoms with Gasteiger partial charge in [0.25, 0.3) is 0 Å². The summed E-state index contributed by atoms with van der Waals surface area (Å²) in [5, 5.41) is 10.4. The Labute approximate surface area is 164 Å². The van der Waals surface area contributed by atoms with E-state index in [0.29, 0.717) is 17.2 Å². The van der Waals surface area contributed by atoms with E-state index < -0.39 is 0 Å². The molecule has 0 radical (unpaired) electrons. The van der Waals surface area contributed by atoms with Crippen molar-refractivity contribution < 1.29 is 9.84 Å². The second kappa shape index (κ2) is 7.56. The first-order valence-corrected chi connectivity index (χ1v) is 9.53. The van der Waals surface area contributed by atoms with Crippen molar-refractivity contribution in [3.05, 3.63) is 48.8 Å². The van der Waals surface area contributed by atoms with E-state index in [1.807, 2.05) is 31.2 Å². The van der Waals surface area contributed by atoms with Gasteiger partial charge in [-0.3, -0.25) is 0 Å². The van der Waals surface area contributed by atoms with E-state index >= 15 is 0 Å². The van der Waals surface area contributed by atoms with E-state index in [-0.39, 0.29) is 12.2 Å². The topological polar surface area (TPSA) is 94.2 Å². The number of nitrogens with two attached hydrogens (primary N) is 1. The Morgan fingerprint density at radius 3 is 2.50 bits per heavy atom. The molecule has 1 aromatic carbocycles. The van der Waals surface area contributed by atoms with E-state index in [1.54, 1.807) is 12.4 Å². The zero-order chi connectivity index (χ0) is 19.7. The fraction of sp³-hybridized carbons (Fsp3) is 0.318. The van der Waals surface area contributed by atoms with Gasteiger partial charge in [0.05, 0.1) is 17.0 Å². The molecular weight excluding hydrogens is 352 g/mol. The van der Waals surface area contributed by atoms with Gasteiger partial charge in [0.15, 0.2) is 0 Å². The molecule has 0 atom stereocenters. The number of hydrogen-bond acceptors (Lipinski definition) is 6. The molecule has 144 valence electrons. The monoisotopic (exact) mass is 376 g/mol. The van der Waals surface area contributed by atoms with E-state index in [0.717, 1.165) is 53.5 Å². The minimum absolute atomic E-state index is 0.0262. The average molecular weight is 376 g/mol. The number of aliphatic hydroxyl groups excluding tert-OH is 1. The van der Waals surface area contributed by atoms with Crippen LogP contribution in [0.1, 0.15) is 38.2 Å². The first kappa shape index (κ1) is 18.4.